The number of hydrogen-bond donors (Lipinski definition) is 2. The summed E-state index contributed by atoms with van der Waals surface area (Å²) in [7, 11) is 0. The molecule has 0 aliphatic heterocycles. The molecule has 0 saturated heterocycles. The van der Waals surface area contributed by atoms with E-state index in [0.29, 0.717) is 22.5 Å². The number of para-hydroxylation sites is 1. The zero-order chi connectivity index (χ0) is 24.9. The van der Waals surface area contributed by atoms with Gasteiger partial charge in [0.25, 0.3) is 5.91 Å². The molecular weight excluding hydrogens is 463 g/mol. The van der Waals surface area contributed by atoms with Crippen LogP contribution in [0.2, 0.25) is 0 Å². The molecule has 0 bridgehead atoms. The Bertz CT molecular complexity index is 1330. The van der Waals surface area contributed by atoms with Crippen LogP contribution in [0.1, 0.15) is 35.8 Å². The van der Waals surface area contributed by atoms with E-state index in [9.17, 15) is 17.9 Å². The second-order valence-corrected chi connectivity index (χ2v) is 9.56. The molecule has 0 radical (unpaired) electrons. The van der Waals surface area contributed by atoms with E-state index < -0.39 is 11.1 Å². The smallest absolute Gasteiger partial charge is 0.258 e. The Morgan fingerprint density at radius 2 is 1.54 bits per heavy atom. The average molecular weight is 491 g/mol. The minimum atomic E-state index is -2.02. The molecule has 0 aliphatic carbocycles. The molecule has 0 aliphatic rings. The Balaban J connectivity index is 2.04. The van der Waals surface area contributed by atoms with Gasteiger partial charge in [-0.25, -0.2) is 8.60 Å². The van der Waals surface area contributed by atoms with Gasteiger partial charge in [-0.2, -0.15) is 0 Å². The molecule has 0 spiro atoms. The van der Waals surface area contributed by atoms with Crippen molar-refractivity contribution in [3.8, 4) is 22.4 Å². The van der Waals surface area contributed by atoms with Crippen LogP contribution in [0.4, 0.5) is 10.1 Å². The average Bonchev–Trinajstić information content (AvgIpc) is 3.20. The van der Waals surface area contributed by atoms with Crippen LogP contribution in [0.15, 0.2) is 84.9 Å². The fourth-order valence-electron chi connectivity index (χ4n) is 4.38. The Hall–Kier alpha value is -3.55. The van der Waals surface area contributed by atoms with Crippen LogP contribution in [0.3, 0.4) is 0 Å². The lowest BCUT2D eigenvalue weighted by Crippen LogP contribution is -2.17. The molecule has 7 heteroatoms. The molecule has 1 atom stereocenters. The van der Waals surface area contributed by atoms with Crippen molar-refractivity contribution in [1.82, 2.24) is 4.57 Å². The lowest BCUT2D eigenvalue weighted by molar-refractivity contribution is 0.102. The first-order valence-corrected chi connectivity index (χ1v) is 12.7. The van der Waals surface area contributed by atoms with Crippen molar-refractivity contribution < 1.29 is 17.9 Å². The first kappa shape index (κ1) is 24.6. The van der Waals surface area contributed by atoms with Crippen molar-refractivity contribution >= 4 is 22.7 Å². The molecule has 4 rings (SSSR count). The number of anilines is 1. The molecule has 180 valence electrons. The van der Waals surface area contributed by atoms with Gasteiger partial charge in [0.05, 0.1) is 17.0 Å². The van der Waals surface area contributed by atoms with Gasteiger partial charge in [0.15, 0.2) is 11.1 Å². The van der Waals surface area contributed by atoms with Gasteiger partial charge in [-0.15, -0.1) is 0 Å². The van der Waals surface area contributed by atoms with Crippen LogP contribution in [0, 0.1) is 5.82 Å². The first-order valence-electron chi connectivity index (χ1n) is 11.4. The molecule has 2 N–H and O–H groups in total. The molecule has 1 unspecified atom stereocenters. The van der Waals surface area contributed by atoms with Crippen molar-refractivity contribution in [2.45, 2.75) is 26.3 Å². The van der Waals surface area contributed by atoms with E-state index in [2.05, 4.69) is 5.32 Å². The summed E-state index contributed by atoms with van der Waals surface area (Å²) in [6, 6.07) is 24.9. The zero-order valence-electron chi connectivity index (χ0n) is 19.6. The SMILES string of the molecule is CC(C)c1c(C(=O)Nc2ccccc2)c(-c2ccccc2)c(-c2ccc(F)cc2)n1CCS(=O)O. The van der Waals surface area contributed by atoms with E-state index in [1.165, 1.54) is 12.1 Å². The predicted octanol–water partition coefficient (Wildman–Crippen LogP) is 6.56. The van der Waals surface area contributed by atoms with Crippen LogP contribution in [-0.4, -0.2) is 25.0 Å². The number of carbonyl (C=O) groups excluding carboxylic acids is 1. The predicted molar refractivity (Wildman–Crippen MR) is 139 cm³/mol. The topological polar surface area (TPSA) is 71.3 Å². The molecule has 1 aromatic heterocycles. The molecular formula is C28H27FN2O3S. The zero-order valence-corrected chi connectivity index (χ0v) is 20.4. The minimum Gasteiger partial charge on any atom is -0.342 e. The number of rotatable bonds is 8. The summed E-state index contributed by atoms with van der Waals surface area (Å²) in [4.78, 5) is 13.8. The third-order valence-electron chi connectivity index (χ3n) is 5.78. The number of nitrogens with one attached hydrogen (secondary N) is 1. The number of benzene rings is 3. The molecule has 0 fully saturated rings. The third-order valence-corrected chi connectivity index (χ3v) is 6.31. The highest BCUT2D eigenvalue weighted by molar-refractivity contribution is 7.79. The molecule has 4 aromatic rings. The van der Waals surface area contributed by atoms with Gasteiger partial charge < -0.3 is 14.4 Å². The maximum atomic E-state index is 13.8. The van der Waals surface area contributed by atoms with Gasteiger partial charge in [-0.05, 0) is 53.4 Å². The summed E-state index contributed by atoms with van der Waals surface area (Å²) in [5.41, 5.74) is 4.88. The van der Waals surface area contributed by atoms with E-state index in [-0.39, 0.29) is 29.9 Å². The summed E-state index contributed by atoms with van der Waals surface area (Å²) in [5, 5.41) is 3.01. The maximum absolute atomic E-state index is 13.8. The lowest BCUT2D eigenvalue weighted by Gasteiger charge is -2.16. The second-order valence-electron chi connectivity index (χ2n) is 8.51. The summed E-state index contributed by atoms with van der Waals surface area (Å²) in [5.74, 6) is -0.715. The van der Waals surface area contributed by atoms with Gasteiger partial charge >= 0.3 is 0 Å². The van der Waals surface area contributed by atoms with Crippen molar-refractivity contribution in [1.29, 1.82) is 0 Å². The standard InChI is InChI=1S/C28H27FN2O3S/c1-19(2)26-25(28(32)30-23-11-7-4-8-12-23)24(20-9-5-3-6-10-20)27(31(26)17-18-35(33)34)21-13-15-22(29)16-14-21/h3-16,19H,17-18H2,1-2H3,(H,30,32)(H,33,34). The van der Waals surface area contributed by atoms with Crippen molar-refractivity contribution in [2.24, 2.45) is 0 Å². The Kier molecular flexibility index (Phi) is 7.58. The fourth-order valence-corrected chi connectivity index (χ4v) is 4.72. The highest BCUT2D eigenvalue weighted by atomic mass is 32.2. The summed E-state index contributed by atoms with van der Waals surface area (Å²) >= 11 is -2.02. The van der Waals surface area contributed by atoms with Crippen LogP contribution >= 0.6 is 0 Å². The van der Waals surface area contributed by atoms with Gasteiger partial charge in [0.2, 0.25) is 0 Å². The van der Waals surface area contributed by atoms with Gasteiger partial charge in [0, 0.05) is 23.5 Å². The number of amides is 1. The van der Waals surface area contributed by atoms with E-state index in [4.69, 9.17) is 0 Å². The normalized spacial score (nSPS) is 12.0. The van der Waals surface area contributed by atoms with Gasteiger partial charge in [-0.3, -0.25) is 4.79 Å². The molecule has 35 heavy (non-hydrogen) atoms. The van der Waals surface area contributed by atoms with Gasteiger partial charge in [-0.1, -0.05) is 62.4 Å². The van der Waals surface area contributed by atoms with Crippen molar-refractivity contribution in [2.75, 3.05) is 11.1 Å². The summed E-state index contributed by atoms with van der Waals surface area (Å²) < 4.78 is 37.0. The molecule has 1 amide bonds. The Morgan fingerprint density at radius 3 is 2.11 bits per heavy atom. The number of aromatic nitrogens is 1. The number of halogens is 1. The second kappa shape index (κ2) is 10.8. The van der Waals surface area contributed by atoms with E-state index >= 15 is 0 Å². The van der Waals surface area contributed by atoms with Crippen LogP contribution in [-0.2, 0) is 17.6 Å². The van der Waals surface area contributed by atoms with Crippen LogP contribution in [0.5, 0.6) is 0 Å². The Labute approximate surface area is 206 Å². The lowest BCUT2D eigenvalue weighted by atomic mass is 9.94. The Morgan fingerprint density at radius 1 is 0.943 bits per heavy atom. The number of hydrogen-bond acceptors (Lipinski definition) is 2. The van der Waals surface area contributed by atoms with Crippen LogP contribution in [0.25, 0.3) is 22.4 Å². The van der Waals surface area contributed by atoms with Crippen molar-refractivity contribution in [3.63, 3.8) is 0 Å². The van der Waals surface area contributed by atoms with Crippen molar-refractivity contribution in [3.05, 3.63) is 102 Å². The first-order chi connectivity index (χ1) is 16.9. The maximum Gasteiger partial charge on any atom is 0.258 e. The molecule has 1 heterocycles. The van der Waals surface area contributed by atoms with E-state index in [1.807, 2.05) is 79.1 Å². The monoisotopic (exact) mass is 490 g/mol. The molecule has 3 aromatic carbocycles. The highest BCUT2D eigenvalue weighted by Crippen LogP contribution is 2.42. The van der Waals surface area contributed by atoms with Gasteiger partial charge in [0.1, 0.15) is 5.82 Å². The van der Waals surface area contributed by atoms with Crippen LogP contribution < -0.4 is 5.32 Å². The third kappa shape index (κ3) is 5.42. The summed E-state index contributed by atoms with van der Waals surface area (Å²) in [6.45, 7) is 4.20. The van der Waals surface area contributed by atoms with E-state index in [0.717, 1.165) is 16.8 Å². The number of carbonyl (C=O) groups is 1. The minimum absolute atomic E-state index is 0.00340. The summed E-state index contributed by atoms with van der Waals surface area (Å²) in [6.07, 6.45) is 0. The van der Waals surface area contributed by atoms with E-state index in [1.54, 1.807) is 12.1 Å². The molecule has 5 nitrogen and oxygen atoms in total. The largest absolute Gasteiger partial charge is 0.342 e. The highest BCUT2D eigenvalue weighted by Gasteiger charge is 2.30. The fraction of sp³-hybridized carbons (Fsp3) is 0.179. The quantitative estimate of drug-likeness (QED) is 0.275. The number of nitrogens with zero attached hydrogens (tertiary/aromatic N) is 1. The molecule has 0 saturated carbocycles.